The molecule has 0 spiro atoms. The number of nitrogens with zero attached hydrogens (tertiary/aromatic N) is 1. The van der Waals surface area contributed by atoms with Crippen molar-refractivity contribution in [2.24, 2.45) is 0 Å². The first-order chi connectivity index (χ1) is 9.13. The first kappa shape index (κ1) is 14.3. The third kappa shape index (κ3) is 3.27. The smallest absolute Gasteiger partial charge is 0.254 e. The Morgan fingerprint density at radius 1 is 1.47 bits per heavy atom. The number of carbonyl (C=O) groups is 1. The quantitative estimate of drug-likeness (QED) is 0.754. The molecule has 4 heteroatoms. The summed E-state index contributed by atoms with van der Waals surface area (Å²) in [7, 11) is 0. The third-order valence-corrected chi connectivity index (χ3v) is 4.01. The number of halogens is 2. The van der Waals surface area contributed by atoms with Gasteiger partial charge in [0.1, 0.15) is 5.82 Å². The van der Waals surface area contributed by atoms with Gasteiger partial charge in [-0.2, -0.15) is 0 Å². The van der Waals surface area contributed by atoms with Crippen LogP contribution in [0, 0.1) is 12.7 Å². The van der Waals surface area contributed by atoms with E-state index >= 15 is 0 Å². The van der Waals surface area contributed by atoms with Crippen LogP contribution in [0.3, 0.4) is 0 Å². The molecule has 0 heterocycles. The van der Waals surface area contributed by atoms with E-state index in [2.05, 4.69) is 0 Å². The average molecular weight is 284 g/mol. The molecule has 0 unspecified atom stereocenters. The fourth-order valence-corrected chi connectivity index (χ4v) is 2.48. The van der Waals surface area contributed by atoms with Gasteiger partial charge in [-0.15, -0.1) is 11.6 Å². The maximum Gasteiger partial charge on any atom is 0.254 e. The molecule has 0 aliphatic heterocycles. The first-order valence-electron chi connectivity index (χ1n) is 6.76. The molecule has 0 radical (unpaired) electrons. The highest BCUT2D eigenvalue weighted by Gasteiger charge is 2.29. The number of amides is 1. The lowest BCUT2D eigenvalue weighted by molar-refractivity contribution is 0.0579. The zero-order valence-electron chi connectivity index (χ0n) is 11.2. The Labute approximate surface area is 118 Å². The van der Waals surface area contributed by atoms with Crippen molar-refractivity contribution in [3.8, 4) is 0 Å². The zero-order chi connectivity index (χ0) is 13.8. The zero-order valence-corrected chi connectivity index (χ0v) is 11.9. The molecule has 2 nitrogen and oxygen atoms in total. The molecule has 2 rings (SSSR count). The molecule has 1 fully saturated rings. The van der Waals surface area contributed by atoms with E-state index in [4.69, 9.17) is 11.6 Å². The van der Waals surface area contributed by atoms with Crippen molar-refractivity contribution in [3.05, 3.63) is 35.1 Å². The maximum atomic E-state index is 13.3. The minimum atomic E-state index is -0.361. The Bertz CT molecular complexity index is 459. The van der Waals surface area contributed by atoms with Gasteiger partial charge in [-0.3, -0.25) is 4.79 Å². The normalized spacial score (nSPS) is 15.1. The summed E-state index contributed by atoms with van der Waals surface area (Å²) < 4.78 is 13.3. The van der Waals surface area contributed by atoms with Gasteiger partial charge in [0.2, 0.25) is 0 Å². The van der Waals surface area contributed by atoms with E-state index in [-0.39, 0.29) is 11.7 Å². The largest absolute Gasteiger partial charge is 0.336 e. The number of alkyl halides is 1. The molecule has 1 amide bonds. The average Bonchev–Trinajstić information content (AvgIpc) is 2.34. The van der Waals surface area contributed by atoms with Gasteiger partial charge in [-0.1, -0.05) is 6.07 Å². The lowest BCUT2D eigenvalue weighted by atomic mass is 9.90. The summed E-state index contributed by atoms with van der Waals surface area (Å²) in [5, 5.41) is 0. The summed E-state index contributed by atoms with van der Waals surface area (Å²) in [6, 6.07) is 4.68. The monoisotopic (exact) mass is 283 g/mol. The van der Waals surface area contributed by atoms with Crippen LogP contribution in [-0.2, 0) is 0 Å². The minimum absolute atomic E-state index is 0.0631. The van der Waals surface area contributed by atoms with Crippen LogP contribution in [-0.4, -0.2) is 29.3 Å². The van der Waals surface area contributed by atoms with Gasteiger partial charge in [-0.25, -0.2) is 4.39 Å². The van der Waals surface area contributed by atoms with Crippen LogP contribution >= 0.6 is 11.6 Å². The van der Waals surface area contributed by atoms with E-state index in [0.717, 1.165) is 31.2 Å². The molecule has 1 aromatic rings. The van der Waals surface area contributed by atoms with Gasteiger partial charge in [-0.05, 0) is 50.3 Å². The second-order valence-electron chi connectivity index (χ2n) is 5.09. The van der Waals surface area contributed by atoms with E-state index in [1.54, 1.807) is 6.07 Å². The van der Waals surface area contributed by atoms with Gasteiger partial charge in [0.25, 0.3) is 5.91 Å². The summed E-state index contributed by atoms with van der Waals surface area (Å²) in [5.41, 5.74) is 1.29. The molecular formula is C15H19ClFNO. The number of rotatable bonds is 5. The molecular weight excluding hydrogens is 265 g/mol. The fraction of sp³-hybridized carbons (Fsp3) is 0.533. The van der Waals surface area contributed by atoms with Crippen LogP contribution in [0.2, 0.25) is 0 Å². The minimum Gasteiger partial charge on any atom is -0.336 e. The SMILES string of the molecule is Cc1ccc(F)cc1C(=O)N(CCCCl)C1CCC1. The van der Waals surface area contributed by atoms with Crippen molar-refractivity contribution >= 4 is 17.5 Å². The molecule has 1 aromatic carbocycles. The third-order valence-electron chi connectivity index (χ3n) is 3.74. The van der Waals surface area contributed by atoms with Crippen LogP contribution in [0.15, 0.2) is 18.2 Å². The number of benzene rings is 1. The van der Waals surface area contributed by atoms with Gasteiger partial charge in [0.15, 0.2) is 0 Å². The summed E-state index contributed by atoms with van der Waals surface area (Å²) in [6.07, 6.45) is 4.03. The standard InChI is InChI=1S/C15H19ClFNO/c1-11-6-7-12(17)10-14(11)15(19)18(9-3-8-16)13-4-2-5-13/h6-7,10,13H,2-5,8-9H2,1H3. The van der Waals surface area contributed by atoms with Gasteiger partial charge < -0.3 is 4.90 Å². The molecule has 0 N–H and O–H groups in total. The molecule has 1 aliphatic carbocycles. The number of carbonyl (C=O) groups excluding carboxylic acids is 1. The predicted molar refractivity (Wildman–Crippen MR) is 75.1 cm³/mol. The van der Waals surface area contributed by atoms with Crippen LogP contribution in [0.1, 0.15) is 41.6 Å². The number of aryl methyl sites for hydroxylation is 1. The molecule has 0 aromatic heterocycles. The van der Waals surface area contributed by atoms with Crippen molar-refractivity contribution in [1.29, 1.82) is 0 Å². The second kappa shape index (κ2) is 6.38. The van der Waals surface area contributed by atoms with E-state index in [1.165, 1.54) is 12.1 Å². The maximum absolute atomic E-state index is 13.3. The predicted octanol–water partition coefficient (Wildman–Crippen LogP) is 3.76. The Kier molecular flexibility index (Phi) is 4.81. The van der Waals surface area contributed by atoms with Gasteiger partial charge in [0.05, 0.1) is 0 Å². The van der Waals surface area contributed by atoms with Crippen LogP contribution in [0.4, 0.5) is 4.39 Å². The molecule has 1 saturated carbocycles. The van der Waals surface area contributed by atoms with E-state index in [0.29, 0.717) is 24.0 Å². The summed E-state index contributed by atoms with van der Waals surface area (Å²) >= 11 is 5.72. The number of hydrogen-bond donors (Lipinski definition) is 0. The van der Waals surface area contributed by atoms with E-state index in [9.17, 15) is 9.18 Å². The Hall–Kier alpha value is -1.09. The molecule has 0 saturated heterocycles. The summed E-state index contributed by atoms with van der Waals surface area (Å²) in [5.74, 6) is 0.116. The topological polar surface area (TPSA) is 20.3 Å². The lowest BCUT2D eigenvalue weighted by Crippen LogP contribution is -2.45. The second-order valence-corrected chi connectivity index (χ2v) is 5.46. The van der Waals surface area contributed by atoms with Crippen LogP contribution < -0.4 is 0 Å². The Morgan fingerprint density at radius 2 is 2.21 bits per heavy atom. The molecule has 1 aliphatic rings. The van der Waals surface area contributed by atoms with Gasteiger partial charge in [0, 0.05) is 24.0 Å². The molecule has 19 heavy (non-hydrogen) atoms. The van der Waals surface area contributed by atoms with Crippen LogP contribution in [0.25, 0.3) is 0 Å². The highest BCUT2D eigenvalue weighted by Crippen LogP contribution is 2.27. The van der Waals surface area contributed by atoms with Crippen molar-refractivity contribution < 1.29 is 9.18 Å². The highest BCUT2D eigenvalue weighted by atomic mass is 35.5. The van der Waals surface area contributed by atoms with Crippen molar-refractivity contribution in [1.82, 2.24) is 4.90 Å². The number of hydrogen-bond acceptors (Lipinski definition) is 1. The fourth-order valence-electron chi connectivity index (χ4n) is 2.36. The van der Waals surface area contributed by atoms with Gasteiger partial charge >= 0.3 is 0 Å². The summed E-state index contributed by atoms with van der Waals surface area (Å²) in [4.78, 5) is 14.4. The van der Waals surface area contributed by atoms with Crippen molar-refractivity contribution in [2.75, 3.05) is 12.4 Å². The Balaban J connectivity index is 2.19. The molecule has 0 bridgehead atoms. The molecule has 104 valence electrons. The van der Waals surface area contributed by atoms with Crippen molar-refractivity contribution in [3.63, 3.8) is 0 Å². The van der Waals surface area contributed by atoms with E-state index in [1.807, 2.05) is 11.8 Å². The lowest BCUT2D eigenvalue weighted by Gasteiger charge is -2.38. The Morgan fingerprint density at radius 3 is 2.79 bits per heavy atom. The van der Waals surface area contributed by atoms with E-state index < -0.39 is 0 Å². The molecule has 0 atom stereocenters. The van der Waals surface area contributed by atoms with Crippen LogP contribution in [0.5, 0.6) is 0 Å². The highest BCUT2D eigenvalue weighted by molar-refractivity contribution is 6.17. The first-order valence-corrected chi connectivity index (χ1v) is 7.30. The summed E-state index contributed by atoms with van der Waals surface area (Å²) in [6.45, 7) is 2.50. The van der Waals surface area contributed by atoms with Crippen molar-refractivity contribution in [2.45, 2.75) is 38.6 Å².